The molecule has 3 aromatic rings. The number of carbonyl (C=O) groups is 2. The first kappa shape index (κ1) is 19.3. The maximum Gasteiger partial charge on any atom is 0.320 e. The van der Waals surface area contributed by atoms with Gasteiger partial charge < -0.3 is 10.1 Å². The topological polar surface area (TPSA) is 85.2 Å². The van der Waals surface area contributed by atoms with Gasteiger partial charge in [-0.25, -0.2) is 9.78 Å². The Morgan fingerprint density at radius 1 is 1.17 bits per heavy atom. The molecule has 2 amide bonds. The summed E-state index contributed by atoms with van der Waals surface area (Å²) < 4.78 is 7.62. The van der Waals surface area contributed by atoms with Gasteiger partial charge in [0.1, 0.15) is 17.3 Å². The van der Waals surface area contributed by atoms with Crippen molar-refractivity contribution in [1.29, 1.82) is 0 Å². The average molecular weight is 413 g/mol. The molecule has 1 aromatic carbocycles. The van der Waals surface area contributed by atoms with Crippen molar-refractivity contribution in [3.05, 3.63) is 48.8 Å². The number of alkyl halides is 1. The lowest BCUT2D eigenvalue weighted by atomic mass is 10.2. The number of nitrogens with zero attached hydrogens (tertiary/aromatic N) is 2. The molecule has 29 heavy (non-hydrogen) atoms. The number of carbonyl (C=O) groups excluding carboxylic acids is 2. The molecule has 2 aromatic heterocycles. The van der Waals surface area contributed by atoms with E-state index in [1.165, 1.54) is 0 Å². The summed E-state index contributed by atoms with van der Waals surface area (Å²) in [6.45, 7) is 0.367. The Balaban J connectivity index is 1.46. The monoisotopic (exact) mass is 412 g/mol. The number of aromatic nitrogens is 2. The largest absolute Gasteiger partial charge is 0.457 e. The summed E-state index contributed by atoms with van der Waals surface area (Å²) in [5.41, 5.74) is 0.871. The molecule has 1 saturated carbocycles. The van der Waals surface area contributed by atoms with Gasteiger partial charge in [-0.3, -0.25) is 14.7 Å². The maximum absolute atomic E-state index is 12.4. The highest BCUT2D eigenvalue weighted by Gasteiger charge is 2.25. The maximum atomic E-state index is 12.4. The summed E-state index contributed by atoms with van der Waals surface area (Å²) in [7, 11) is 0. The number of nitrogens with one attached hydrogen (secondary N) is 2. The number of amides is 2. The SMILES string of the molecule is O=C(NCCCl)Nc1cc(Oc2ccc3c(ccn3C(=O)CC3CC3)c2)ccn1. The van der Waals surface area contributed by atoms with Crippen LogP contribution in [0.25, 0.3) is 10.9 Å². The molecule has 150 valence electrons. The second-order valence-electron chi connectivity index (χ2n) is 7.00. The lowest BCUT2D eigenvalue weighted by Gasteiger charge is -2.09. The first-order valence-electron chi connectivity index (χ1n) is 9.51. The molecule has 7 nitrogen and oxygen atoms in total. The summed E-state index contributed by atoms with van der Waals surface area (Å²) in [4.78, 5) is 28.2. The summed E-state index contributed by atoms with van der Waals surface area (Å²) in [5, 5.41) is 6.16. The van der Waals surface area contributed by atoms with Crippen LogP contribution in [0.3, 0.4) is 0 Å². The van der Waals surface area contributed by atoms with E-state index in [-0.39, 0.29) is 11.9 Å². The smallest absolute Gasteiger partial charge is 0.320 e. The third-order valence-corrected chi connectivity index (χ3v) is 4.87. The van der Waals surface area contributed by atoms with E-state index < -0.39 is 0 Å². The lowest BCUT2D eigenvalue weighted by Crippen LogP contribution is -2.30. The molecule has 0 radical (unpaired) electrons. The fourth-order valence-corrected chi connectivity index (χ4v) is 3.16. The van der Waals surface area contributed by atoms with E-state index in [2.05, 4.69) is 15.6 Å². The van der Waals surface area contributed by atoms with Crippen molar-refractivity contribution >= 4 is 40.3 Å². The van der Waals surface area contributed by atoms with E-state index in [4.69, 9.17) is 16.3 Å². The standard InChI is InChI=1S/C21H21ClN4O3/c22-7-9-24-21(28)25-19-13-17(5-8-23-19)29-16-3-4-18-15(12-16)6-10-26(18)20(27)11-14-1-2-14/h3-6,8,10,12-14H,1-2,7,9,11H2,(H2,23,24,25,28). The molecule has 0 aliphatic heterocycles. The Bertz CT molecular complexity index is 1050. The minimum absolute atomic E-state index is 0.133. The van der Waals surface area contributed by atoms with Gasteiger partial charge in [-0.1, -0.05) is 0 Å². The van der Waals surface area contributed by atoms with Gasteiger partial charge in [0.2, 0.25) is 5.91 Å². The van der Waals surface area contributed by atoms with Crippen molar-refractivity contribution in [2.45, 2.75) is 19.3 Å². The van der Waals surface area contributed by atoms with Gasteiger partial charge in [0.15, 0.2) is 0 Å². The molecule has 0 bridgehead atoms. The van der Waals surface area contributed by atoms with Crippen molar-refractivity contribution in [2.75, 3.05) is 17.7 Å². The molecule has 1 aliphatic rings. The quantitative estimate of drug-likeness (QED) is 0.554. The second-order valence-corrected chi connectivity index (χ2v) is 7.37. The van der Waals surface area contributed by atoms with Gasteiger partial charge >= 0.3 is 6.03 Å². The molecule has 1 fully saturated rings. The molecule has 2 heterocycles. The molecule has 0 atom stereocenters. The fourth-order valence-electron chi connectivity index (χ4n) is 3.07. The minimum atomic E-state index is -0.381. The van der Waals surface area contributed by atoms with Crippen molar-refractivity contribution < 1.29 is 14.3 Å². The number of ether oxygens (including phenoxy) is 1. The van der Waals surface area contributed by atoms with Gasteiger partial charge in [0.05, 0.1) is 5.52 Å². The fraction of sp³-hybridized carbons (Fsp3) is 0.286. The zero-order chi connectivity index (χ0) is 20.2. The zero-order valence-corrected chi connectivity index (χ0v) is 16.5. The van der Waals surface area contributed by atoms with Crippen LogP contribution >= 0.6 is 11.6 Å². The highest BCUT2D eigenvalue weighted by molar-refractivity contribution is 6.18. The third kappa shape index (κ3) is 4.86. The average Bonchev–Trinajstić information content (AvgIpc) is 3.42. The summed E-state index contributed by atoms with van der Waals surface area (Å²) in [6.07, 6.45) is 6.28. The van der Waals surface area contributed by atoms with Crippen LogP contribution in [0, 0.1) is 5.92 Å². The highest BCUT2D eigenvalue weighted by atomic mass is 35.5. The van der Waals surface area contributed by atoms with E-state index in [0.717, 1.165) is 23.7 Å². The van der Waals surface area contributed by atoms with E-state index in [0.29, 0.717) is 42.1 Å². The van der Waals surface area contributed by atoms with Crippen molar-refractivity contribution in [3.8, 4) is 11.5 Å². The number of fused-ring (bicyclic) bond motifs is 1. The van der Waals surface area contributed by atoms with Gasteiger partial charge in [0, 0.05) is 42.7 Å². The first-order chi connectivity index (χ1) is 14.1. The molecule has 4 rings (SSSR count). The number of hydrogen-bond acceptors (Lipinski definition) is 4. The van der Waals surface area contributed by atoms with Crippen LogP contribution in [0.1, 0.15) is 24.1 Å². The normalized spacial score (nSPS) is 13.3. The van der Waals surface area contributed by atoms with E-state index in [9.17, 15) is 9.59 Å². The van der Waals surface area contributed by atoms with Crippen molar-refractivity contribution in [2.24, 2.45) is 5.92 Å². The molecular formula is C21H21ClN4O3. The number of rotatable bonds is 7. The molecule has 2 N–H and O–H groups in total. The van der Waals surface area contributed by atoms with Gasteiger partial charge in [-0.15, -0.1) is 11.6 Å². The Labute approximate surface area is 173 Å². The van der Waals surface area contributed by atoms with Crippen LogP contribution < -0.4 is 15.4 Å². The summed E-state index contributed by atoms with van der Waals surface area (Å²) in [5.74, 6) is 2.56. The van der Waals surface area contributed by atoms with Crippen LogP contribution in [0.15, 0.2) is 48.8 Å². The number of anilines is 1. The van der Waals surface area contributed by atoms with Crippen LogP contribution in [0.2, 0.25) is 0 Å². The van der Waals surface area contributed by atoms with E-state index in [1.54, 1.807) is 22.9 Å². The molecule has 8 heteroatoms. The first-order valence-corrected chi connectivity index (χ1v) is 10.0. The van der Waals surface area contributed by atoms with Gasteiger partial charge in [0.25, 0.3) is 0 Å². The molecule has 0 saturated heterocycles. The van der Waals surface area contributed by atoms with Gasteiger partial charge in [-0.2, -0.15) is 0 Å². The predicted octanol–water partition coefficient (Wildman–Crippen LogP) is 4.63. The van der Waals surface area contributed by atoms with Crippen molar-refractivity contribution in [1.82, 2.24) is 14.9 Å². The Hall–Kier alpha value is -3.06. The zero-order valence-electron chi connectivity index (χ0n) is 15.7. The molecular weight excluding hydrogens is 392 g/mol. The van der Waals surface area contributed by atoms with Crippen LogP contribution in [-0.2, 0) is 0 Å². The van der Waals surface area contributed by atoms with Crippen LogP contribution in [0.5, 0.6) is 11.5 Å². The minimum Gasteiger partial charge on any atom is -0.457 e. The van der Waals surface area contributed by atoms with Crippen LogP contribution in [-0.4, -0.2) is 33.9 Å². The predicted molar refractivity (Wildman–Crippen MR) is 112 cm³/mol. The number of hydrogen-bond donors (Lipinski definition) is 2. The van der Waals surface area contributed by atoms with Gasteiger partial charge in [-0.05, 0) is 49.1 Å². The Kier molecular flexibility index (Phi) is 5.67. The number of pyridine rings is 1. The molecule has 1 aliphatic carbocycles. The lowest BCUT2D eigenvalue weighted by molar-refractivity contribution is 0.0901. The number of benzene rings is 1. The number of halogens is 1. The third-order valence-electron chi connectivity index (χ3n) is 4.68. The summed E-state index contributed by atoms with van der Waals surface area (Å²) >= 11 is 5.55. The molecule has 0 spiro atoms. The highest BCUT2D eigenvalue weighted by Crippen LogP contribution is 2.33. The second kappa shape index (κ2) is 8.53. The van der Waals surface area contributed by atoms with Crippen molar-refractivity contribution in [3.63, 3.8) is 0 Å². The van der Waals surface area contributed by atoms with E-state index >= 15 is 0 Å². The Morgan fingerprint density at radius 3 is 2.79 bits per heavy atom. The molecule has 0 unspecified atom stereocenters. The van der Waals surface area contributed by atoms with E-state index in [1.807, 2.05) is 30.5 Å². The summed E-state index contributed by atoms with van der Waals surface area (Å²) in [6, 6.07) is 10.5. The Morgan fingerprint density at radius 2 is 2.00 bits per heavy atom. The number of urea groups is 1. The van der Waals surface area contributed by atoms with Crippen LogP contribution in [0.4, 0.5) is 10.6 Å².